The average molecular weight is 433 g/mol. The molecule has 0 unspecified atom stereocenters. The summed E-state index contributed by atoms with van der Waals surface area (Å²) in [5.41, 5.74) is 2.46. The third kappa shape index (κ3) is 7.28. The molecule has 0 aliphatic carbocycles. The van der Waals surface area contributed by atoms with Gasteiger partial charge in [-0.1, -0.05) is 43.0 Å². The van der Waals surface area contributed by atoms with Crippen LogP contribution in [0.4, 0.5) is 5.69 Å². The average Bonchev–Trinajstić information content (AvgIpc) is 2.79. The third-order valence-electron chi connectivity index (χ3n) is 4.33. The molecule has 3 aromatic carbocycles. The zero-order valence-electron chi connectivity index (χ0n) is 17.0. The van der Waals surface area contributed by atoms with Gasteiger partial charge in [0.25, 0.3) is 5.91 Å². The van der Waals surface area contributed by atoms with E-state index in [2.05, 4.69) is 29.3 Å². The van der Waals surface area contributed by atoms with E-state index in [9.17, 15) is 4.79 Å². The zero-order chi connectivity index (χ0) is 21.9. The van der Waals surface area contributed by atoms with Gasteiger partial charge in [0.2, 0.25) is 0 Å². The Morgan fingerprint density at radius 3 is 2.23 bits per heavy atom. The Hall–Kier alpha value is -3.64. The van der Waals surface area contributed by atoms with Crippen LogP contribution in [0, 0.1) is 0 Å². The van der Waals surface area contributed by atoms with Crippen molar-refractivity contribution in [3.05, 3.63) is 103 Å². The van der Waals surface area contributed by atoms with Gasteiger partial charge in [0.15, 0.2) is 5.11 Å². The Kier molecular flexibility index (Phi) is 8.20. The van der Waals surface area contributed by atoms with Gasteiger partial charge in [-0.25, -0.2) is 0 Å². The van der Waals surface area contributed by atoms with Crippen LogP contribution in [0.2, 0.25) is 0 Å². The monoisotopic (exact) mass is 432 g/mol. The van der Waals surface area contributed by atoms with E-state index in [0.717, 1.165) is 17.9 Å². The maximum Gasteiger partial charge on any atom is 0.257 e. The molecule has 2 N–H and O–H groups in total. The van der Waals surface area contributed by atoms with Crippen LogP contribution in [-0.4, -0.2) is 24.2 Å². The second-order valence-electron chi connectivity index (χ2n) is 6.64. The van der Waals surface area contributed by atoms with E-state index in [0.29, 0.717) is 24.5 Å². The molecular weight excluding hydrogens is 408 g/mol. The van der Waals surface area contributed by atoms with Gasteiger partial charge in [-0.15, -0.1) is 0 Å². The van der Waals surface area contributed by atoms with Crippen LogP contribution in [0.5, 0.6) is 11.5 Å². The van der Waals surface area contributed by atoms with Crippen molar-refractivity contribution in [3.63, 3.8) is 0 Å². The lowest BCUT2D eigenvalue weighted by Gasteiger charge is -2.11. The molecule has 158 valence electrons. The predicted octanol–water partition coefficient (Wildman–Crippen LogP) is 5.00. The molecule has 0 bridgehead atoms. The highest BCUT2D eigenvalue weighted by Gasteiger charge is 2.08. The summed E-state index contributed by atoms with van der Waals surface area (Å²) >= 11 is 5.23. The summed E-state index contributed by atoms with van der Waals surface area (Å²) in [7, 11) is 0. The summed E-state index contributed by atoms with van der Waals surface area (Å²) in [4.78, 5) is 12.4. The van der Waals surface area contributed by atoms with Crippen molar-refractivity contribution >= 4 is 28.9 Å². The van der Waals surface area contributed by atoms with Crippen molar-refractivity contribution in [2.45, 2.75) is 6.42 Å². The van der Waals surface area contributed by atoms with Gasteiger partial charge in [-0.05, 0) is 66.3 Å². The lowest BCUT2D eigenvalue weighted by molar-refractivity contribution is 0.0977. The SMILES string of the molecule is C=CCOc1ccc(NC(=S)NC(=O)c2ccc(OCCc3ccccc3)cc2)cc1. The van der Waals surface area contributed by atoms with Gasteiger partial charge in [0, 0.05) is 17.7 Å². The second-order valence-corrected chi connectivity index (χ2v) is 7.05. The van der Waals surface area contributed by atoms with E-state index < -0.39 is 0 Å². The van der Waals surface area contributed by atoms with Gasteiger partial charge in [0.05, 0.1) is 6.61 Å². The van der Waals surface area contributed by atoms with Crippen LogP contribution >= 0.6 is 12.2 Å². The molecule has 0 heterocycles. The number of anilines is 1. The Labute approximate surface area is 187 Å². The third-order valence-corrected chi connectivity index (χ3v) is 4.53. The molecule has 6 heteroatoms. The zero-order valence-corrected chi connectivity index (χ0v) is 17.9. The summed E-state index contributed by atoms with van der Waals surface area (Å²) in [6.07, 6.45) is 2.50. The van der Waals surface area contributed by atoms with Crippen LogP contribution in [0.3, 0.4) is 0 Å². The molecule has 0 saturated heterocycles. The largest absolute Gasteiger partial charge is 0.493 e. The van der Waals surface area contributed by atoms with E-state index in [4.69, 9.17) is 21.7 Å². The number of thiocarbonyl (C=S) groups is 1. The van der Waals surface area contributed by atoms with Gasteiger partial charge >= 0.3 is 0 Å². The first-order valence-electron chi connectivity index (χ1n) is 9.87. The van der Waals surface area contributed by atoms with Crippen molar-refractivity contribution in [2.24, 2.45) is 0 Å². The van der Waals surface area contributed by atoms with Crippen molar-refractivity contribution < 1.29 is 14.3 Å². The second kappa shape index (κ2) is 11.5. The van der Waals surface area contributed by atoms with Gasteiger partial charge in [-0.2, -0.15) is 0 Å². The minimum atomic E-state index is -0.292. The number of carbonyl (C=O) groups is 1. The van der Waals surface area contributed by atoms with Crippen molar-refractivity contribution in [1.82, 2.24) is 5.32 Å². The van der Waals surface area contributed by atoms with E-state index in [1.54, 1.807) is 30.3 Å². The maximum atomic E-state index is 12.4. The lowest BCUT2D eigenvalue weighted by atomic mass is 10.2. The number of rotatable bonds is 9. The molecule has 0 aromatic heterocycles. The first-order chi connectivity index (χ1) is 15.1. The number of carbonyl (C=O) groups excluding carboxylic acids is 1. The van der Waals surface area contributed by atoms with Crippen molar-refractivity contribution in [2.75, 3.05) is 18.5 Å². The van der Waals surface area contributed by atoms with E-state index in [1.165, 1.54) is 5.56 Å². The Balaban J connectivity index is 1.45. The first-order valence-corrected chi connectivity index (χ1v) is 10.3. The molecule has 0 saturated carbocycles. The number of ether oxygens (including phenoxy) is 2. The van der Waals surface area contributed by atoms with Crippen LogP contribution in [0.25, 0.3) is 0 Å². The molecule has 1 amide bonds. The summed E-state index contributed by atoms with van der Waals surface area (Å²) in [6, 6.07) is 24.4. The summed E-state index contributed by atoms with van der Waals surface area (Å²) < 4.78 is 11.2. The molecular formula is C25H24N2O3S. The molecule has 0 aliphatic heterocycles. The molecule has 0 fully saturated rings. The topological polar surface area (TPSA) is 59.6 Å². The number of hydrogen-bond donors (Lipinski definition) is 2. The van der Waals surface area contributed by atoms with Crippen LogP contribution in [0.15, 0.2) is 91.5 Å². The highest BCUT2D eigenvalue weighted by molar-refractivity contribution is 7.80. The van der Waals surface area contributed by atoms with Crippen LogP contribution < -0.4 is 20.1 Å². The van der Waals surface area contributed by atoms with E-state index >= 15 is 0 Å². The molecule has 0 spiro atoms. The quantitative estimate of drug-likeness (QED) is 0.368. The van der Waals surface area contributed by atoms with Crippen molar-refractivity contribution in [1.29, 1.82) is 0 Å². The number of nitrogens with one attached hydrogen (secondary N) is 2. The van der Waals surface area contributed by atoms with Gasteiger partial charge in [-0.3, -0.25) is 10.1 Å². The Bertz CT molecular complexity index is 1000. The Morgan fingerprint density at radius 1 is 0.903 bits per heavy atom. The fourth-order valence-corrected chi connectivity index (χ4v) is 2.97. The smallest absolute Gasteiger partial charge is 0.257 e. The van der Waals surface area contributed by atoms with Gasteiger partial charge in [0.1, 0.15) is 18.1 Å². The highest BCUT2D eigenvalue weighted by Crippen LogP contribution is 2.16. The molecule has 0 radical (unpaired) electrons. The van der Waals surface area contributed by atoms with Crippen molar-refractivity contribution in [3.8, 4) is 11.5 Å². The predicted molar refractivity (Wildman–Crippen MR) is 128 cm³/mol. The number of hydrogen-bond acceptors (Lipinski definition) is 4. The normalized spacial score (nSPS) is 10.1. The summed E-state index contributed by atoms with van der Waals surface area (Å²) in [6.45, 7) is 4.63. The first kappa shape index (κ1) is 22.1. The molecule has 5 nitrogen and oxygen atoms in total. The Morgan fingerprint density at radius 2 is 1.55 bits per heavy atom. The van der Waals surface area contributed by atoms with E-state index in [-0.39, 0.29) is 11.0 Å². The lowest BCUT2D eigenvalue weighted by Crippen LogP contribution is -2.34. The van der Waals surface area contributed by atoms with Crippen LogP contribution in [-0.2, 0) is 6.42 Å². The highest BCUT2D eigenvalue weighted by atomic mass is 32.1. The molecule has 0 aliphatic rings. The van der Waals surface area contributed by atoms with E-state index in [1.807, 2.05) is 42.5 Å². The molecule has 3 rings (SSSR count). The summed E-state index contributed by atoms with van der Waals surface area (Å²) in [5, 5.41) is 5.87. The fraction of sp³-hybridized carbons (Fsp3) is 0.120. The fourth-order valence-electron chi connectivity index (χ4n) is 2.76. The number of benzene rings is 3. The molecule has 3 aromatic rings. The van der Waals surface area contributed by atoms with Crippen LogP contribution in [0.1, 0.15) is 15.9 Å². The number of amides is 1. The molecule has 0 atom stereocenters. The summed E-state index contributed by atoms with van der Waals surface area (Å²) in [5.74, 6) is 1.15. The minimum Gasteiger partial charge on any atom is -0.493 e. The maximum absolute atomic E-state index is 12.4. The molecule has 31 heavy (non-hydrogen) atoms. The minimum absolute atomic E-state index is 0.216. The standard InChI is InChI=1S/C25H24N2O3S/c1-2-17-29-23-14-10-21(11-15-23)26-25(31)27-24(28)20-8-12-22(13-9-20)30-18-16-19-6-4-3-5-7-19/h2-15H,1,16-18H2,(H2,26,27,28,31). The van der Waals surface area contributed by atoms with Gasteiger partial charge < -0.3 is 14.8 Å².